The maximum absolute atomic E-state index is 9.17. The third kappa shape index (κ3) is 3.56. The smallest absolute Gasteiger partial charge is 0.216 e. The van der Waals surface area contributed by atoms with E-state index in [4.69, 9.17) is 0 Å². The number of tetrazole rings is 1. The van der Waals surface area contributed by atoms with Gasteiger partial charge in [-0.15, -0.1) is 10.2 Å². The summed E-state index contributed by atoms with van der Waals surface area (Å²) in [5.74, 6) is 0.261. The number of nitriles is 1. The number of aromatic amines is 1. The van der Waals surface area contributed by atoms with Crippen molar-refractivity contribution in [2.24, 2.45) is 0 Å². The number of aromatic nitrogens is 4. The van der Waals surface area contributed by atoms with E-state index in [9.17, 15) is 5.26 Å². The number of nitrogens with zero attached hydrogens (tertiary/aromatic N) is 4. The molecule has 1 aromatic heterocycles. The molecule has 3 aromatic rings. The number of rotatable bonds is 5. The van der Waals surface area contributed by atoms with Crippen LogP contribution >= 0.6 is 0 Å². The van der Waals surface area contributed by atoms with Gasteiger partial charge in [-0.25, -0.2) is 0 Å². The predicted octanol–water partition coefficient (Wildman–Crippen LogP) is 3.50. The van der Waals surface area contributed by atoms with Crippen LogP contribution < -0.4 is 5.32 Å². The zero-order valence-electron chi connectivity index (χ0n) is 14.1. The molecule has 2 aromatic carbocycles. The molecule has 0 aliphatic heterocycles. The Balaban J connectivity index is 1.78. The monoisotopic (exact) mass is 330 g/mol. The quantitative estimate of drug-likeness (QED) is 0.699. The molecule has 0 aliphatic rings. The first kappa shape index (κ1) is 16.4. The second-order valence-electron chi connectivity index (χ2n) is 6.12. The maximum Gasteiger partial charge on any atom is 0.216 e. The summed E-state index contributed by atoms with van der Waals surface area (Å²) in [6.07, 6.45) is 1.57. The van der Waals surface area contributed by atoms with Crippen LogP contribution in [0.5, 0.6) is 0 Å². The molecule has 0 radical (unpaired) electrons. The highest BCUT2D eigenvalue weighted by Gasteiger charge is 2.22. The Morgan fingerprint density at radius 2 is 1.76 bits per heavy atom. The van der Waals surface area contributed by atoms with Crippen LogP contribution in [0.1, 0.15) is 30.8 Å². The van der Waals surface area contributed by atoms with E-state index in [0.29, 0.717) is 5.57 Å². The van der Waals surface area contributed by atoms with Crippen LogP contribution in [0.15, 0.2) is 60.8 Å². The minimum absolute atomic E-state index is 0.0852. The van der Waals surface area contributed by atoms with Crippen LogP contribution in [0.2, 0.25) is 0 Å². The molecule has 124 valence electrons. The average Bonchev–Trinajstić information content (AvgIpc) is 3.18. The van der Waals surface area contributed by atoms with Crippen LogP contribution in [0, 0.1) is 11.3 Å². The van der Waals surface area contributed by atoms with Gasteiger partial charge in [0.15, 0.2) is 0 Å². The van der Waals surface area contributed by atoms with E-state index in [1.807, 2.05) is 24.3 Å². The Morgan fingerprint density at radius 3 is 2.36 bits per heavy atom. The predicted molar refractivity (Wildman–Crippen MR) is 96.4 cm³/mol. The maximum atomic E-state index is 9.17. The van der Waals surface area contributed by atoms with Crippen molar-refractivity contribution in [3.63, 3.8) is 0 Å². The second kappa shape index (κ2) is 6.97. The van der Waals surface area contributed by atoms with Gasteiger partial charge in [0.25, 0.3) is 0 Å². The minimum Gasteiger partial charge on any atom is -0.360 e. The Bertz CT molecular complexity index is 887. The third-order valence-corrected chi connectivity index (χ3v) is 4.19. The van der Waals surface area contributed by atoms with E-state index in [0.717, 1.165) is 5.69 Å². The summed E-state index contributed by atoms with van der Waals surface area (Å²) in [5.41, 5.74) is 3.58. The summed E-state index contributed by atoms with van der Waals surface area (Å²) in [4.78, 5) is 0. The number of allylic oxidation sites excluding steroid dienone is 1. The lowest BCUT2D eigenvalue weighted by atomic mass is 9.78. The van der Waals surface area contributed by atoms with Crippen LogP contribution in [-0.2, 0) is 5.41 Å². The molecule has 6 nitrogen and oxygen atoms in total. The number of anilines is 1. The fraction of sp³-hybridized carbons (Fsp3) is 0.158. The van der Waals surface area contributed by atoms with Gasteiger partial charge in [0.1, 0.15) is 11.6 Å². The summed E-state index contributed by atoms with van der Waals surface area (Å²) >= 11 is 0. The fourth-order valence-corrected chi connectivity index (χ4v) is 2.58. The number of hydrogen-bond donors (Lipinski definition) is 2. The Morgan fingerprint density at radius 1 is 1.08 bits per heavy atom. The largest absolute Gasteiger partial charge is 0.360 e. The number of H-pyrrole nitrogens is 1. The summed E-state index contributed by atoms with van der Waals surface area (Å²) in [7, 11) is 0. The van der Waals surface area contributed by atoms with Crippen molar-refractivity contribution in [2.75, 3.05) is 5.32 Å². The zero-order valence-corrected chi connectivity index (χ0v) is 14.1. The molecule has 0 fully saturated rings. The van der Waals surface area contributed by atoms with Crippen molar-refractivity contribution in [2.45, 2.75) is 19.3 Å². The van der Waals surface area contributed by atoms with Gasteiger partial charge in [-0.2, -0.15) is 10.5 Å². The third-order valence-electron chi connectivity index (χ3n) is 4.19. The number of hydrogen-bond acceptors (Lipinski definition) is 5. The lowest BCUT2D eigenvalue weighted by Crippen LogP contribution is -2.18. The highest BCUT2D eigenvalue weighted by atomic mass is 15.5. The molecule has 0 saturated heterocycles. The lowest BCUT2D eigenvalue weighted by Gasteiger charge is -2.26. The molecular weight excluding hydrogens is 312 g/mol. The van der Waals surface area contributed by atoms with Gasteiger partial charge in [-0.05, 0) is 28.5 Å². The van der Waals surface area contributed by atoms with E-state index >= 15 is 0 Å². The summed E-state index contributed by atoms with van der Waals surface area (Å²) < 4.78 is 0. The lowest BCUT2D eigenvalue weighted by molar-refractivity contribution is 0.641. The Kier molecular flexibility index (Phi) is 4.57. The van der Waals surface area contributed by atoms with Crippen molar-refractivity contribution in [1.82, 2.24) is 20.6 Å². The molecule has 0 spiro atoms. The average molecular weight is 330 g/mol. The van der Waals surface area contributed by atoms with Gasteiger partial charge >= 0.3 is 0 Å². The van der Waals surface area contributed by atoms with E-state index < -0.39 is 0 Å². The van der Waals surface area contributed by atoms with Crippen LogP contribution in [-0.4, -0.2) is 20.6 Å². The highest BCUT2D eigenvalue weighted by Crippen LogP contribution is 2.31. The van der Waals surface area contributed by atoms with Crippen molar-refractivity contribution in [1.29, 1.82) is 5.26 Å². The first-order valence-electron chi connectivity index (χ1n) is 7.88. The van der Waals surface area contributed by atoms with Crippen molar-refractivity contribution >= 4 is 11.3 Å². The van der Waals surface area contributed by atoms with Gasteiger partial charge in [0.2, 0.25) is 5.82 Å². The number of nitrogens with one attached hydrogen (secondary N) is 2. The van der Waals surface area contributed by atoms with E-state index in [2.05, 4.69) is 76.2 Å². The zero-order chi connectivity index (χ0) is 17.7. The second-order valence-corrected chi connectivity index (χ2v) is 6.12. The van der Waals surface area contributed by atoms with Crippen LogP contribution in [0.3, 0.4) is 0 Å². The van der Waals surface area contributed by atoms with E-state index in [-0.39, 0.29) is 11.2 Å². The molecule has 3 rings (SSSR count). The molecule has 0 unspecified atom stereocenters. The van der Waals surface area contributed by atoms with E-state index in [1.54, 1.807) is 6.20 Å². The number of benzene rings is 2. The van der Waals surface area contributed by atoms with Crippen molar-refractivity contribution in [3.8, 4) is 6.07 Å². The summed E-state index contributed by atoms with van der Waals surface area (Å²) in [6.45, 7) is 4.41. The molecular formula is C19H18N6. The molecule has 0 bridgehead atoms. The molecule has 25 heavy (non-hydrogen) atoms. The van der Waals surface area contributed by atoms with E-state index in [1.165, 1.54) is 11.1 Å². The topological polar surface area (TPSA) is 90.3 Å². The van der Waals surface area contributed by atoms with Crippen LogP contribution in [0.4, 0.5) is 5.69 Å². The molecule has 1 heterocycles. The van der Waals surface area contributed by atoms with Gasteiger partial charge in [0, 0.05) is 17.3 Å². The normalized spacial score (nSPS) is 11.8. The Hall–Kier alpha value is -3.46. The van der Waals surface area contributed by atoms with Gasteiger partial charge < -0.3 is 5.32 Å². The first-order valence-corrected chi connectivity index (χ1v) is 7.88. The summed E-state index contributed by atoms with van der Waals surface area (Å²) in [6, 6.07) is 20.6. The minimum atomic E-state index is -0.0852. The van der Waals surface area contributed by atoms with Gasteiger partial charge in [-0.1, -0.05) is 56.3 Å². The van der Waals surface area contributed by atoms with Gasteiger partial charge in [0.05, 0.1) is 0 Å². The molecule has 2 N–H and O–H groups in total. The van der Waals surface area contributed by atoms with Crippen LogP contribution in [0.25, 0.3) is 5.57 Å². The fourth-order valence-electron chi connectivity index (χ4n) is 2.58. The van der Waals surface area contributed by atoms with Crippen molar-refractivity contribution < 1.29 is 0 Å². The molecule has 6 heteroatoms. The molecule has 0 aliphatic carbocycles. The first-order chi connectivity index (χ1) is 12.1. The standard InChI is InChI=1S/C19H18N6/c1-19(2,15-6-4-3-5-7-15)16-8-10-17(11-9-16)21-13-14(12-20)18-22-24-25-23-18/h3-11,13,21H,1-2H3,(H,22,23,24,25). The summed E-state index contributed by atoms with van der Waals surface area (Å²) in [5, 5.41) is 25.7. The molecule has 0 atom stereocenters. The Labute approximate surface area is 146 Å². The molecule has 0 amide bonds. The van der Waals surface area contributed by atoms with Crippen molar-refractivity contribution in [3.05, 3.63) is 77.7 Å². The SMILES string of the molecule is CC(C)(c1ccccc1)c1ccc(NC=C(C#N)c2nn[nH]n2)cc1. The molecule has 0 saturated carbocycles. The highest BCUT2D eigenvalue weighted by molar-refractivity contribution is 5.74. The van der Waals surface area contributed by atoms with Gasteiger partial charge in [-0.3, -0.25) is 0 Å².